The third-order valence-corrected chi connectivity index (χ3v) is 8.78. The van der Waals surface area contributed by atoms with Gasteiger partial charge >= 0.3 is 0 Å². The molecule has 5 atom stereocenters. The van der Waals surface area contributed by atoms with Crippen LogP contribution in [0, 0.1) is 11.3 Å². The van der Waals surface area contributed by atoms with Crippen LogP contribution in [0.2, 0.25) is 0 Å². The number of aliphatic hydroxyl groups excluding tert-OH is 4. The van der Waals surface area contributed by atoms with Crippen molar-refractivity contribution >= 4 is 32.6 Å². The van der Waals surface area contributed by atoms with Crippen LogP contribution in [0.15, 0.2) is 57.9 Å². The summed E-state index contributed by atoms with van der Waals surface area (Å²) in [5.41, 5.74) is 1.79. The zero-order valence-corrected chi connectivity index (χ0v) is 24.0. The molecule has 6 N–H and O–H groups in total. The van der Waals surface area contributed by atoms with Gasteiger partial charge < -0.3 is 39.6 Å². The monoisotopic (exact) mass is 614 g/mol. The fourth-order valence-electron chi connectivity index (χ4n) is 4.95. The van der Waals surface area contributed by atoms with Crippen LogP contribution in [0.5, 0.6) is 0 Å². The third-order valence-electron chi connectivity index (χ3n) is 7.45. The zero-order valence-electron chi connectivity index (χ0n) is 23.2. The van der Waals surface area contributed by atoms with Crippen LogP contribution in [0.25, 0.3) is 28.2 Å². The molecule has 0 amide bonds. The van der Waals surface area contributed by atoms with Gasteiger partial charge in [0.25, 0.3) is 10.0 Å². The van der Waals surface area contributed by atoms with Crippen molar-refractivity contribution in [2.24, 2.45) is 0 Å². The lowest BCUT2D eigenvalue weighted by atomic mass is 9.99. The summed E-state index contributed by atoms with van der Waals surface area (Å²) in [5.74, 6) is 0.600. The van der Waals surface area contributed by atoms with E-state index >= 15 is 0 Å². The molecular formula is C29H34N4O9S. The number of furan rings is 1. The molecule has 2 aliphatic rings. The summed E-state index contributed by atoms with van der Waals surface area (Å²) in [6.45, 7) is 4.64. The van der Waals surface area contributed by atoms with Crippen LogP contribution in [-0.2, 0) is 19.5 Å². The second-order valence-corrected chi connectivity index (χ2v) is 12.1. The number of ether oxygens (including phenoxy) is 2. The molecule has 0 bridgehead atoms. The van der Waals surface area contributed by atoms with Gasteiger partial charge in [-0.2, -0.15) is 5.26 Å². The van der Waals surface area contributed by atoms with Crippen LogP contribution in [0.3, 0.4) is 0 Å². The lowest BCUT2D eigenvalue weighted by Gasteiger charge is -2.38. The molecule has 3 aromatic rings. The molecule has 2 aliphatic heterocycles. The lowest BCUT2D eigenvalue weighted by molar-refractivity contribution is -0.279. The Morgan fingerprint density at radius 3 is 2.51 bits per heavy atom. The van der Waals surface area contributed by atoms with Gasteiger partial charge in [-0.05, 0) is 41.1 Å². The smallest absolute Gasteiger partial charge is 0.250 e. The largest absolute Gasteiger partial charge is 0.457 e. The van der Waals surface area contributed by atoms with E-state index in [-0.39, 0.29) is 5.76 Å². The molecule has 1 aromatic heterocycles. The van der Waals surface area contributed by atoms with E-state index < -0.39 is 52.2 Å². The Hall–Kier alpha value is -3.36. The quantitative estimate of drug-likeness (QED) is 0.173. The molecule has 43 heavy (non-hydrogen) atoms. The van der Waals surface area contributed by atoms with Crippen molar-refractivity contribution in [2.75, 3.05) is 51.3 Å². The number of anilines is 1. The summed E-state index contributed by atoms with van der Waals surface area (Å²) < 4.78 is 43.9. The van der Waals surface area contributed by atoms with Gasteiger partial charge in [-0.25, -0.2) is 13.1 Å². The minimum atomic E-state index is -4.38. The molecule has 0 saturated carbocycles. The standard InChI is InChI=1S/C29H34N4O9S/c30-16-23(43(38,39)32-17-25-26(34)27(35)28(36)29(37)42-25)15-22-5-6-24(41-22)20-2-1-19-14-21(4-3-18(19)13-20)31-7-8-33-9-11-40-12-10-33/h1-6,13-15,25-29,31-32,34-37H,7-12,17H2/b23-15+/t25-,26-,27+,28-,29?/m1/s1. The van der Waals surface area contributed by atoms with Crippen LogP contribution in [-0.4, -0.2) is 110 Å². The first-order chi connectivity index (χ1) is 20.6. The first kappa shape index (κ1) is 31.1. The molecule has 0 spiro atoms. The van der Waals surface area contributed by atoms with Crippen molar-refractivity contribution < 1.29 is 42.7 Å². The number of sulfonamides is 1. The van der Waals surface area contributed by atoms with E-state index in [2.05, 4.69) is 21.0 Å². The second kappa shape index (κ2) is 13.5. The normalized spacial score (nSPS) is 25.5. The molecule has 230 valence electrons. The maximum atomic E-state index is 12.8. The van der Waals surface area contributed by atoms with E-state index in [0.29, 0.717) is 5.76 Å². The highest BCUT2D eigenvalue weighted by Crippen LogP contribution is 2.29. The van der Waals surface area contributed by atoms with Gasteiger partial charge in [0, 0.05) is 50.1 Å². The average molecular weight is 615 g/mol. The van der Waals surface area contributed by atoms with E-state index in [1.165, 1.54) is 6.07 Å². The zero-order chi connectivity index (χ0) is 30.6. The summed E-state index contributed by atoms with van der Waals surface area (Å²) in [5, 5.41) is 54.1. The second-order valence-electron chi connectivity index (χ2n) is 10.4. The highest BCUT2D eigenvalue weighted by molar-refractivity contribution is 7.93. The number of benzene rings is 2. The van der Waals surface area contributed by atoms with E-state index in [1.807, 2.05) is 30.3 Å². The molecule has 1 unspecified atom stereocenters. The summed E-state index contributed by atoms with van der Waals surface area (Å²) in [6.07, 6.45) is -7.29. The van der Waals surface area contributed by atoms with Crippen LogP contribution in [0.4, 0.5) is 5.69 Å². The Kier molecular flexibility index (Phi) is 9.77. The van der Waals surface area contributed by atoms with Gasteiger partial charge in [-0.1, -0.05) is 18.2 Å². The number of rotatable bonds is 10. The molecule has 0 radical (unpaired) electrons. The van der Waals surface area contributed by atoms with Crippen molar-refractivity contribution in [3.05, 3.63) is 59.2 Å². The Bertz CT molecular complexity index is 1600. The Morgan fingerprint density at radius 1 is 1.00 bits per heavy atom. The third kappa shape index (κ3) is 7.42. The molecule has 2 aromatic carbocycles. The molecule has 0 aliphatic carbocycles. The van der Waals surface area contributed by atoms with E-state index in [1.54, 1.807) is 12.1 Å². The number of nitriles is 1. The maximum absolute atomic E-state index is 12.8. The number of allylic oxidation sites excluding steroid dienone is 1. The number of nitrogens with zero attached hydrogens (tertiary/aromatic N) is 2. The molecular weight excluding hydrogens is 580 g/mol. The Balaban J connectivity index is 1.23. The highest BCUT2D eigenvalue weighted by Gasteiger charge is 2.43. The van der Waals surface area contributed by atoms with Crippen molar-refractivity contribution in [1.82, 2.24) is 9.62 Å². The molecule has 13 nitrogen and oxygen atoms in total. The lowest BCUT2D eigenvalue weighted by Crippen LogP contribution is -2.59. The fourth-order valence-corrected chi connectivity index (χ4v) is 5.88. The number of aliphatic hydroxyl groups is 4. The molecule has 14 heteroatoms. The average Bonchev–Trinajstić information content (AvgIpc) is 3.49. The summed E-state index contributed by atoms with van der Waals surface area (Å²) in [7, 11) is -4.38. The topological polar surface area (TPSA) is 198 Å². The number of nitrogens with one attached hydrogen (secondary N) is 2. The van der Waals surface area contributed by atoms with Gasteiger partial charge in [-0.15, -0.1) is 0 Å². The van der Waals surface area contributed by atoms with Crippen LogP contribution < -0.4 is 10.0 Å². The molecule has 5 rings (SSSR count). The minimum Gasteiger partial charge on any atom is -0.457 e. The van der Waals surface area contributed by atoms with Gasteiger partial charge in [0.1, 0.15) is 42.0 Å². The van der Waals surface area contributed by atoms with Crippen molar-refractivity contribution in [1.29, 1.82) is 5.26 Å². The first-order valence-electron chi connectivity index (χ1n) is 13.8. The summed E-state index contributed by atoms with van der Waals surface area (Å²) >= 11 is 0. The number of fused-ring (bicyclic) bond motifs is 1. The van der Waals surface area contributed by atoms with Gasteiger partial charge in [0.15, 0.2) is 11.2 Å². The van der Waals surface area contributed by atoms with Gasteiger partial charge in [0.05, 0.1) is 13.2 Å². The van der Waals surface area contributed by atoms with E-state index in [9.17, 15) is 34.1 Å². The number of hydrogen-bond acceptors (Lipinski definition) is 12. The van der Waals surface area contributed by atoms with Crippen molar-refractivity contribution in [2.45, 2.75) is 30.7 Å². The molecule has 3 heterocycles. The maximum Gasteiger partial charge on any atom is 0.250 e. The summed E-state index contributed by atoms with van der Waals surface area (Å²) in [4.78, 5) is 1.71. The van der Waals surface area contributed by atoms with Crippen LogP contribution in [0.1, 0.15) is 5.76 Å². The number of morpholine rings is 1. The molecule has 2 fully saturated rings. The van der Waals surface area contributed by atoms with Gasteiger partial charge in [0.2, 0.25) is 0 Å². The van der Waals surface area contributed by atoms with Gasteiger partial charge in [-0.3, -0.25) is 4.90 Å². The highest BCUT2D eigenvalue weighted by atomic mass is 32.2. The first-order valence-corrected chi connectivity index (χ1v) is 15.3. The SMILES string of the molecule is N#C/C(=C\c1ccc(-c2ccc3cc(NCCN4CCOCC4)ccc3c2)o1)S(=O)(=O)NC[C@H]1OC(O)[C@H](O)[C@@H](O)[C@@H]1O. The van der Waals surface area contributed by atoms with Crippen molar-refractivity contribution in [3.63, 3.8) is 0 Å². The number of hydrogen-bond donors (Lipinski definition) is 6. The minimum absolute atomic E-state index is 0.125. The Morgan fingerprint density at radius 2 is 1.74 bits per heavy atom. The predicted molar refractivity (Wildman–Crippen MR) is 157 cm³/mol. The van der Waals surface area contributed by atoms with Crippen LogP contribution >= 0.6 is 0 Å². The summed E-state index contributed by atoms with van der Waals surface area (Å²) in [6, 6.07) is 16.8. The van der Waals surface area contributed by atoms with E-state index in [4.69, 9.17) is 13.9 Å². The fraction of sp³-hybridized carbons (Fsp3) is 0.414. The Labute approximate surface area is 248 Å². The van der Waals surface area contributed by atoms with Crippen molar-refractivity contribution in [3.8, 4) is 17.4 Å². The van der Waals surface area contributed by atoms with E-state index in [0.717, 1.165) is 67.5 Å². The predicted octanol–water partition coefficient (Wildman–Crippen LogP) is 0.428. The molecule has 2 saturated heterocycles.